The average Bonchev–Trinajstić information content (AvgIpc) is 2.70. The van der Waals surface area contributed by atoms with Gasteiger partial charge in [-0.1, -0.05) is 0 Å². The summed E-state index contributed by atoms with van der Waals surface area (Å²) in [5, 5.41) is 3.00. The molecule has 0 saturated carbocycles. The third-order valence-corrected chi connectivity index (χ3v) is 3.97. The lowest BCUT2D eigenvalue weighted by molar-refractivity contribution is 0.0962. The number of nitrogen functional groups attached to an aromatic ring is 1. The van der Waals surface area contributed by atoms with Gasteiger partial charge in [0.05, 0.1) is 7.11 Å². The number of rotatable bonds is 6. The maximum absolute atomic E-state index is 12.2. The fourth-order valence-electron chi connectivity index (χ4n) is 2.10. The van der Waals surface area contributed by atoms with E-state index in [4.69, 9.17) is 10.5 Å². The van der Waals surface area contributed by atoms with Gasteiger partial charge in [-0.05, 0) is 52.3 Å². The second-order valence-corrected chi connectivity index (χ2v) is 6.19. The zero-order valence-corrected chi connectivity index (χ0v) is 15.8. The minimum atomic E-state index is -0.347. The molecule has 27 heavy (non-hydrogen) atoms. The molecule has 2 aromatic heterocycles. The van der Waals surface area contributed by atoms with Gasteiger partial charge in [-0.15, -0.1) is 0 Å². The molecule has 2 heterocycles. The fraction of sp³-hybridized carbons (Fsp3) is 0.0588. The Morgan fingerprint density at radius 1 is 1.07 bits per heavy atom. The van der Waals surface area contributed by atoms with Crippen molar-refractivity contribution in [3.05, 3.63) is 59.0 Å². The summed E-state index contributed by atoms with van der Waals surface area (Å²) in [7, 11) is 1.56. The number of aromatic nitrogens is 3. The summed E-state index contributed by atoms with van der Waals surface area (Å²) < 4.78 is 5.92. The summed E-state index contributed by atoms with van der Waals surface area (Å²) in [4.78, 5) is 24.5. The van der Waals surface area contributed by atoms with Gasteiger partial charge in [0.25, 0.3) is 5.91 Å². The standard InChI is InChI=1S/C17H16BrN7O2/c1-27-12-5-2-10(3-6-12)17(26)25-24-16-14(19)15(21-9-22-16)23-13-7-4-11(18)8-20-13/h2-9H,19H2,1H3,(H,25,26)(H2,20,21,22,23,24). The molecule has 138 valence electrons. The first kappa shape index (κ1) is 18.4. The molecule has 0 bridgehead atoms. The van der Waals surface area contributed by atoms with E-state index in [0.717, 1.165) is 4.47 Å². The van der Waals surface area contributed by atoms with Gasteiger partial charge < -0.3 is 15.8 Å². The highest BCUT2D eigenvalue weighted by molar-refractivity contribution is 9.10. The van der Waals surface area contributed by atoms with Crippen LogP contribution in [0, 0.1) is 0 Å². The number of anilines is 4. The summed E-state index contributed by atoms with van der Waals surface area (Å²) >= 11 is 3.32. The number of hydrogen-bond acceptors (Lipinski definition) is 8. The van der Waals surface area contributed by atoms with Crippen molar-refractivity contribution >= 4 is 45.0 Å². The number of hydrogen-bond donors (Lipinski definition) is 4. The van der Waals surface area contributed by atoms with E-state index < -0.39 is 0 Å². The lowest BCUT2D eigenvalue weighted by atomic mass is 10.2. The molecule has 0 saturated heterocycles. The number of hydrazine groups is 1. The van der Waals surface area contributed by atoms with Crippen molar-refractivity contribution < 1.29 is 9.53 Å². The average molecular weight is 430 g/mol. The number of halogens is 1. The molecule has 0 radical (unpaired) electrons. The van der Waals surface area contributed by atoms with E-state index in [0.29, 0.717) is 22.9 Å². The number of pyridine rings is 1. The number of nitrogens with one attached hydrogen (secondary N) is 3. The van der Waals surface area contributed by atoms with Gasteiger partial charge >= 0.3 is 0 Å². The summed E-state index contributed by atoms with van der Waals surface area (Å²) in [5.74, 6) is 1.50. The van der Waals surface area contributed by atoms with Crippen LogP contribution in [-0.4, -0.2) is 28.0 Å². The summed E-state index contributed by atoms with van der Waals surface area (Å²) in [6.45, 7) is 0. The lowest BCUT2D eigenvalue weighted by Crippen LogP contribution is -2.30. The molecule has 10 heteroatoms. The first-order chi connectivity index (χ1) is 13.1. The van der Waals surface area contributed by atoms with Crippen LogP contribution in [0.1, 0.15) is 10.4 Å². The smallest absolute Gasteiger partial charge is 0.269 e. The van der Waals surface area contributed by atoms with Crippen molar-refractivity contribution in [3.63, 3.8) is 0 Å². The first-order valence-corrected chi connectivity index (χ1v) is 8.55. The van der Waals surface area contributed by atoms with Crippen LogP contribution in [0.2, 0.25) is 0 Å². The topological polar surface area (TPSA) is 127 Å². The van der Waals surface area contributed by atoms with Crippen LogP contribution in [0.25, 0.3) is 0 Å². The zero-order valence-electron chi connectivity index (χ0n) is 14.2. The van der Waals surface area contributed by atoms with Gasteiger partial charge in [-0.25, -0.2) is 15.0 Å². The molecule has 0 aliphatic rings. The third kappa shape index (κ3) is 4.61. The van der Waals surface area contributed by atoms with E-state index in [1.165, 1.54) is 6.33 Å². The van der Waals surface area contributed by atoms with Crippen LogP contribution >= 0.6 is 15.9 Å². The van der Waals surface area contributed by atoms with Gasteiger partial charge in [0.15, 0.2) is 11.6 Å². The number of amides is 1. The summed E-state index contributed by atoms with van der Waals surface area (Å²) in [6, 6.07) is 10.3. The number of ether oxygens (including phenoxy) is 1. The SMILES string of the molecule is COc1ccc(C(=O)NNc2ncnc(Nc3ccc(Br)cn3)c2N)cc1. The van der Waals surface area contributed by atoms with Crippen molar-refractivity contribution in [1.29, 1.82) is 0 Å². The second kappa shape index (κ2) is 8.32. The van der Waals surface area contributed by atoms with Crippen molar-refractivity contribution in [2.75, 3.05) is 23.6 Å². The number of methoxy groups -OCH3 is 1. The second-order valence-electron chi connectivity index (χ2n) is 5.28. The minimum Gasteiger partial charge on any atom is -0.497 e. The third-order valence-electron chi connectivity index (χ3n) is 3.50. The Morgan fingerprint density at radius 2 is 1.81 bits per heavy atom. The van der Waals surface area contributed by atoms with E-state index in [2.05, 4.69) is 47.1 Å². The summed E-state index contributed by atoms with van der Waals surface area (Å²) in [6.07, 6.45) is 2.97. The lowest BCUT2D eigenvalue weighted by Gasteiger charge is -2.13. The molecule has 1 amide bonds. The molecule has 0 aliphatic carbocycles. The number of nitrogens with two attached hydrogens (primary N) is 1. The Kier molecular flexibility index (Phi) is 5.67. The van der Waals surface area contributed by atoms with Crippen LogP contribution in [0.3, 0.4) is 0 Å². The molecule has 0 fully saturated rings. The molecule has 9 nitrogen and oxygen atoms in total. The predicted molar refractivity (Wildman–Crippen MR) is 106 cm³/mol. The first-order valence-electron chi connectivity index (χ1n) is 7.76. The normalized spacial score (nSPS) is 10.1. The summed E-state index contributed by atoms with van der Waals surface area (Å²) in [5.41, 5.74) is 12.0. The molecule has 0 atom stereocenters. The van der Waals surface area contributed by atoms with Gasteiger partial charge in [0, 0.05) is 16.2 Å². The molecule has 0 spiro atoms. The highest BCUT2D eigenvalue weighted by Gasteiger charge is 2.11. The fourth-order valence-corrected chi connectivity index (χ4v) is 2.33. The maximum atomic E-state index is 12.2. The number of carbonyl (C=O) groups excluding carboxylic acids is 1. The zero-order chi connectivity index (χ0) is 19.2. The van der Waals surface area contributed by atoms with Gasteiger partial charge in [0.1, 0.15) is 23.6 Å². The number of carbonyl (C=O) groups is 1. The van der Waals surface area contributed by atoms with Gasteiger partial charge in [0.2, 0.25) is 0 Å². The Bertz CT molecular complexity index is 933. The van der Waals surface area contributed by atoms with Crippen molar-refractivity contribution in [3.8, 4) is 5.75 Å². The Hall–Kier alpha value is -3.40. The van der Waals surface area contributed by atoms with Crippen molar-refractivity contribution in [2.24, 2.45) is 0 Å². The van der Waals surface area contributed by atoms with Gasteiger partial charge in [-0.2, -0.15) is 0 Å². The molecule has 3 rings (SSSR count). The van der Waals surface area contributed by atoms with Gasteiger partial charge in [-0.3, -0.25) is 15.6 Å². The minimum absolute atomic E-state index is 0.234. The molecule has 0 aliphatic heterocycles. The number of nitrogens with zero attached hydrogens (tertiary/aromatic N) is 3. The van der Waals surface area contributed by atoms with E-state index >= 15 is 0 Å². The van der Waals surface area contributed by atoms with Crippen LogP contribution in [0.5, 0.6) is 5.75 Å². The van der Waals surface area contributed by atoms with Crippen LogP contribution in [-0.2, 0) is 0 Å². The Morgan fingerprint density at radius 3 is 2.48 bits per heavy atom. The van der Waals surface area contributed by atoms with E-state index in [1.54, 1.807) is 43.6 Å². The highest BCUT2D eigenvalue weighted by atomic mass is 79.9. The van der Waals surface area contributed by atoms with E-state index in [9.17, 15) is 4.79 Å². The Labute approximate surface area is 163 Å². The Balaban J connectivity index is 1.68. The van der Waals surface area contributed by atoms with E-state index in [1.807, 2.05) is 6.07 Å². The maximum Gasteiger partial charge on any atom is 0.269 e. The monoisotopic (exact) mass is 429 g/mol. The van der Waals surface area contributed by atoms with Crippen LogP contribution in [0.15, 0.2) is 53.4 Å². The van der Waals surface area contributed by atoms with Crippen LogP contribution in [0.4, 0.5) is 23.1 Å². The predicted octanol–water partition coefficient (Wildman–Crippen LogP) is 2.73. The molecular formula is C17H16BrN7O2. The molecule has 5 N–H and O–H groups in total. The molecule has 3 aromatic rings. The number of benzene rings is 1. The highest BCUT2D eigenvalue weighted by Crippen LogP contribution is 2.25. The van der Waals surface area contributed by atoms with Crippen molar-refractivity contribution in [2.45, 2.75) is 0 Å². The molecular weight excluding hydrogens is 414 g/mol. The van der Waals surface area contributed by atoms with Crippen LogP contribution < -0.4 is 26.6 Å². The van der Waals surface area contributed by atoms with E-state index in [-0.39, 0.29) is 17.4 Å². The molecule has 1 aromatic carbocycles. The quantitative estimate of drug-likeness (QED) is 0.440. The molecule has 0 unspecified atom stereocenters. The van der Waals surface area contributed by atoms with Crippen molar-refractivity contribution in [1.82, 2.24) is 20.4 Å². The largest absolute Gasteiger partial charge is 0.497 e.